The lowest BCUT2D eigenvalue weighted by molar-refractivity contribution is -0.385. The quantitative estimate of drug-likeness (QED) is 0.106. The van der Waals surface area contributed by atoms with Crippen molar-refractivity contribution in [2.75, 3.05) is 6.61 Å². The molecule has 1 fully saturated rings. The van der Waals surface area contributed by atoms with Gasteiger partial charge in [0.2, 0.25) is 0 Å². The van der Waals surface area contributed by atoms with Gasteiger partial charge in [-0.05, 0) is 82.7 Å². The van der Waals surface area contributed by atoms with Crippen LogP contribution in [-0.4, -0.2) is 27.6 Å². The number of nitro groups is 1. The first-order chi connectivity index (χ1) is 17.8. The maximum atomic E-state index is 13.0. The number of benzene rings is 3. The average Bonchev–Trinajstić information content (AvgIpc) is 3.12. The molecule has 4 rings (SSSR count). The first kappa shape index (κ1) is 27.0. The fourth-order valence-electron chi connectivity index (χ4n) is 3.59. The van der Waals surface area contributed by atoms with Crippen LogP contribution in [0.5, 0.6) is 11.5 Å². The van der Waals surface area contributed by atoms with E-state index in [2.05, 4.69) is 22.6 Å². The fraction of sp³-hybridized carbons (Fsp3) is 0.154. The van der Waals surface area contributed by atoms with Crippen LogP contribution in [-0.2, 0) is 17.9 Å². The molecule has 1 aliphatic heterocycles. The van der Waals surface area contributed by atoms with Crippen LogP contribution in [0.2, 0.25) is 5.02 Å². The SMILES string of the molecule is CCOc1cc(/C=C2\SC(=O)N(Cc3ccccc3[N+](=O)[O-])C2=O)cc(I)c1OCc1ccc(Cl)cc1. The number of rotatable bonds is 9. The molecule has 1 saturated heterocycles. The Labute approximate surface area is 235 Å². The largest absolute Gasteiger partial charge is 0.490 e. The van der Waals surface area contributed by atoms with Crippen LogP contribution in [0, 0.1) is 13.7 Å². The van der Waals surface area contributed by atoms with Gasteiger partial charge in [0, 0.05) is 16.7 Å². The van der Waals surface area contributed by atoms with Crippen LogP contribution in [0.3, 0.4) is 0 Å². The van der Waals surface area contributed by atoms with Gasteiger partial charge in [0.25, 0.3) is 16.8 Å². The smallest absolute Gasteiger partial charge is 0.293 e. The highest BCUT2D eigenvalue weighted by Gasteiger charge is 2.36. The van der Waals surface area contributed by atoms with Gasteiger partial charge in [0.1, 0.15) is 6.61 Å². The number of amides is 2. The zero-order chi connectivity index (χ0) is 26.5. The number of carbonyl (C=O) groups excluding carboxylic acids is 2. The molecule has 0 atom stereocenters. The number of imide groups is 1. The van der Waals surface area contributed by atoms with Gasteiger partial charge in [-0.2, -0.15) is 0 Å². The van der Waals surface area contributed by atoms with E-state index in [1.54, 1.807) is 30.3 Å². The number of para-hydroxylation sites is 1. The molecule has 0 spiro atoms. The van der Waals surface area contributed by atoms with E-state index in [-0.39, 0.29) is 22.7 Å². The van der Waals surface area contributed by atoms with Gasteiger partial charge in [0.05, 0.1) is 26.6 Å². The number of ether oxygens (including phenoxy) is 2. The summed E-state index contributed by atoms with van der Waals surface area (Å²) in [6.45, 7) is 2.40. The molecule has 8 nitrogen and oxygen atoms in total. The standard InChI is InChI=1S/C26H20ClIN2O6S/c1-2-35-22-12-17(11-20(28)24(22)36-15-16-7-9-19(27)10-8-16)13-23-25(31)29(26(32)37-23)14-18-5-3-4-6-21(18)30(33)34/h3-13H,2,14-15H2,1H3/b23-13-. The van der Waals surface area contributed by atoms with Crippen molar-refractivity contribution >= 4 is 68.9 Å². The Morgan fingerprint density at radius 1 is 1.11 bits per heavy atom. The summed E-state index contributed by atoms with van der Waals surface area (Å²) in [6, 6.07) is 17.0. The molecule has 0 saturated carbocycles. The minimum atomic E-state index is -0.530. The van der Waals surface area contributed by atoms with E-state index in [0.29, 0.717) is 35.3 Å². The first-order valence-electron chi connectivity index (χ1n) is 11.1. The maximum absolute atomic E-state index is 13.0. The van der Waals surface area contributed by atoms with E-state index < -0.39 is 16.1 Å². The highest BCUT2D eigenvalue weighted by Crippen LogP contribution is 2.38. The summed E-state index contributed by atoms with van der Waals surface area (Å²) >= 11 is 8.88. The molecule has 0 radical (unpaired) electrons. The van der Waals surface area contributed by atoms with Gasteiger partial charge in [-0.15, -0.1) is 0 Å². The number of thioether (sulfide) groups is 1. The van der Waals surface area contributed by atoms with Crippen molar-refractivity contribution in [3.63, 3.8) is 0 Å². The van der Waals surface area contributed by atoms with E-state index in [1.165, 1.54) is 18.2 Å². The van der Waals surface area contributed by atoms with Crippen molar-refractivity contribution in [2.45, 2.75) is 20.1 Å². The van der Waals surface area contributed by atoms with Gasteiger partial charge in [0.15, 0.2) is 11.5 Å². The summed E-state index contributed by atoms with van der Waals surface area (Å²) in [6.07, 6.45) is 1.61. The molecule has 0 aromatic heterocycles. The minimum Gasteiger partial charge on any atom is -0.490 e. The Morgan fingerprint density at radius 3 is 2.54 bits per heavy atom. The molecule has 11 heteroatoms. The molecule has 2 amide bonds. The molecule has 3 aromatic carbocycles. The first-order valence-corrected chi connectivity index (χ1v) is 13.4. The van der Waals surface area contributed by atoms with Crippen LogP contribution in [0.15, 0.2) is 65.6 Å². The van der Waals surface area contributed by atoms with Gasteiger partial charge in [-0.3, -0.25) is 24.6 Å². The highest BCUT2D eigenvalue weighted by atomic mass is 127. The van der Waals surface area contributed by atoms with Crippen molar-refractivity contribution in [1.82, 2.24) is 4.90 Å². The zero-order valence-electron chi connectivity index (χ0n) is 19.5. The monoisotopic (exact) mass is 650 g/mol. The summed E-state index contributed by atoms with van der Waals surface area (Å²) in [5.74, 6) is 0.567. The summed E-state index contributed by atoms with van der Waals surface area (Å²) in [5, 5.41) is 11.5. The summed E-state index contributed by atoms with van der Waals surface area (Å²) < 4.78 is 12.6. The van der Waals surface area contributed by atoms with Crippen molar-refractivity contribution in [3.8, 4) is 11.5 Å². The minimum absolute atomic E-state index is 0.143. The number of nitrogens with zero attached hydrogens (tertiary/aromatic N) is 2. The van der Waals surface area contributed by atoms with E-state index in [1.807, 2.05) is 25.1 Å². The molecular formula is C26H20ClIN2O6S. The van der Waals surface area contributed by atoms with Gasteiger partial charge < -0.3 is 9.47 Å². The van der Waals surface area contributed by atoms with E-state index in [0.717, 1.165) is 25.8 Å². The molecule has 0 bridgehead atoms. The average molecular weight is 651 g/mol. The predicted octanol–water partition coefficient (Wildman–Crippen LogP) is 7.07. The molecule has 0 unspecified atom stereocenters. The second kappa shape index (κ2) is 12.0. The number of nitro benzene ring substituents is 1. The van der Waals surface area contributed by atoms with E-state index in [4.69, 9.17) is 21.1 Å². The lowest BCUT2D eigenvalue weighted by Crippen LogP contribution is -2.27. The van der Waals surface area contributed by atoms with Crippen LogP contribution in [0.4, 0.5) is 10.5 Å². The number of carbonyl (C=O) groups is 2. The van der Waals surface area contributed by atoms with Crippen molar-refractivity contribution in [1.29, 1.82) is 0 Å². The fourth-order valence-corrected chi connectivity index (χ4v) is 5.34. The second-order valence-electron chi connectivity index (χ2n) is 7.83. The Kier molecular flexibility index (Phi) is 8.72. The lowest BCUT2D eigenvalue weighted by atomic mass is 10.1. The van der Waals surface area contributed by atoms with Crippen LogP contribution in [0.1, 0.15) is 23.6 Å². The Hall–Kier alpha value is -3.09. The van der Waals surface area contributed by atoms with E-state index in [9.17, 15) is 19.7 Å². The van der Waals surface area contributed by atoms with Crippen LogP contribution in [0.25, 0.3) is 6.08 Å². The normalized spacial score (nSPS) is 14.4. The predicted molar refractivity (Wildman–Crippen MR) is 151 cm³/mol. The summed E-state index contributed by atoms with van der Waals surface area (Å²) in [5.41, 5.74) is 1.74. The molecule has 37 heavy (non-hydrogen) atoms. The topological polar surface area (TPSA) is 99.0 Å². The third-order valence-electron chi connectivity index (χ3n) is 5.32. The Balaban J connectivity index is 1.56. The van der Waals surface area contributed by atoms with E-state index >= 15 is 0 Å². The number of hydrogen-bond acceptors (Lipinski definition) is 7. The second-order valence-corrected chi connectivity index (χ2v) is 10.4. The van der Waals surface area contributed by atoms with Gasteiger partial charge >= 0.3 is 0 Å². The molecule has 1 heterocycles. The summed E-state index contributed by atoms with van der Waals surface area (Å²) in [7, 11) is 0. The van der Waals surface area contributed by atoms with Gasteiger partial charge in [-0.1, -0.05) is 41.9 Å². The lowest BCUT2D eigenvalue weighted by Gasteiger charge is -2.15. The van der Waals surface area contributed by atoms with Crippen molar-refractivity contribution in [2.24, 2.45) is 0 Å². The molecule has 0 aliphatic carbocycles. The molecule has 1 aliphatic rings. The molecule has 190 valence electrons. The molecular weight excluding hydrogens is 631 g/mol. The third-order valence-corrected chi connectivity index (χ3v) is 7.28. The third kappa shape index (κ3) is 6.43. The molecule has 3 aromatic rings. The Morgan fingerprint density at radius 2 is 1.84 bits per heavy atom. The zero-order valence-corrected chi connectivity index (χ0v) is 23.2. The Bertz CT molecular complexity index is 1400. The number of hydrogen-bond donors (Lipinski definition) is 0. The highest BCUT2D eigenvalue weighted by molar-refractivity contribution is 14.1. The number of halogens is 2. The van der Waals surface area contributed by atoms with Crippen molar-refractivity contribution < 1.29 is 24.0 Å². The summed E-state index contributed by atoms with van der Waals surface area (Å²) in [4.78, 5) is 37.7. The maximum Gasteiger partial charge on any atom is 0.293 e. The van der Waals surface area contributed by atoms with Gasteiger partial charge in [-0.25, -0.2) is 0 Å². The van der Waals surface area contributed by atoms with Crippen molar-refractivity contribution in [3.05, 3.63) is 101 Å². The van der Waals surface area contributed by atoms with Crippen LogP contribution >= 0.6 is 46.0 Å². The molecule has 0 N–H and O–H groups in total. The van der Waals surface area contributed by atoms with Crippen LogP contribution < -0.4 is 9.47 Å².